The predicted molar refractivity (Wildman–Crippen MR) is 283 cm³/mol. The van der Waals surface area contributed by atoms with Gasteiger partial charge in [0.1, 0.15) is 147 Å². The molecule has 0 saturated carbocycles. The Bertz CT molecular complexity index is 2480. The predicted octanol–water partition coefficient (Wildman–Crippen LogP) is -17.2. The van der Waals surface area contributed by atoms with Crippen LogP contribution >= 0.6 is 0 Å². The number of aliphatic hydroxyl groups excluding tert-OH is 20. The number of carbonyl (C=O) groups is 6. The Labute approximate surface area is 523 Å². The van der Waals surface area contributed by atoms with E-state index in [1.54, 1.807) is 0 Å². The summed E-state index contributed by atoms with van der Waals surface area (Å²) in [6.45, 7) is -8.03. The lowest BCUT2D eigenvalue weighted by atomic mass is 9.87. The van der Waals surface area contributed by atoms with Crippen molar-refractivity contribution in [2.45, 2.75) is 222 Å². The van der Waals surface area contributed by atoms with Crippen molar-refractivity contribution in [3.05, 3.63) is 0 Å². The Morgan fingerprint density at radius 1 is 0.462 bits per heavy atom. The molecule has 0 spiro atoms. The van der Waals surface area contributed by atoms with Gasteiger partial charge in [0.2, 0.25) is 23.6 Å². The SMILES string of the molecule is CC(=O)N[C@H]1[C@H](O[C@H]2[C@@H](O)[C@@H](CO)O[C@@H](O[C@H]3[C@H](O)[C@@H](NC(C)=O)C(O)O[C@@H]3CO)[C@@H]2O)O[C@H](CO)[C@@H](O[C@@H]2O[C@H](CO)[C@H](O)[C@H](O[C@]3(C(=O)O)C[C@H](O)[C@@H](NC(=O)CO)[C@H]([C@H](O)[C@@H](CO)O[C@]4(C(=O)O)C[C@H](O)[C@@H](NC(=O)CO)[C@H]([C@H](O)[C@H](O)CO)O4)O3)[C@H]2O)[C@@H]1O. The second-order valence-corrected chi connectivity index (χ2v) is 22.6. The van der Waals surface area contributed by atoms with Gasteiger partial charge in [-0.25, -0.2) is 9.59 Å². The molecular weight excluding hydrogens is 1280 g/mol. The lowest BCUT2D eigenvalue weighted by molar-refractivity contribution is -0.390. The minimum Gasteiger partial charge on any atom is -0.477 e. The summed E-state index contributed by atoms with van der Waals surface area (Å²) in [5.41, 5.74) is 0. The van der Waals surface area contributed by atoms with Crippen molar-refractivity contribution < 1.29 is 193 Å². The topological polar surface area (TPSA) is 697 Å². The largest absolute Gasteiger partial charge is 0.477 e. The van der Waals surface area contributed by atoms with Gasteiger partial charge in [-0.05, 0) is 0 Å². The summed E-state index contributed by atoms with van der Waals surface area (Å²) in [4.78, 5) is 76.3. The van der Waals surface area contributed by atoms with Crippen LogP contribution in [0.4, 0.5) is 0 Å². The van der Waals surface area contributed by atoms with Crippen LogP contribution in [0.1, 0.15) is 26.7 Å². The summed E-state index contributed by atoms with van der Waals surface area (Å²) < 4.78 is 62.6. The Hall–Kier alpha value is -4.42. The summed E-state index contributed by atoms with van der Waals surface area (Å²) in [5, 5.41) is 247. The lowest BCUT2D eigenvalue weighted by Crippen LogP contribution is -2.72. The molecule has 43 heteroatoms. The lowest BCUT2D eigenvalue weighted by Gasteiger charge is -2.52. The molecule has 26 N–H and O–H groups in total. The van der Waals surface area contributed by atoms with Crippen molar-refractivity contribution >= 4 is 35.6 Å². The van der Waals surface area contributed by atoms with Crippen molar-refractivity contribution in [2.75, 3.05) is 52.9 Å². The zero-order valence-electron chi connectivity index (χ0n) is 49.2. The van der Waals surface area contributed by atoms with Crippen LogP contribution in [-0.4, -0.2) is 396 Å². The van der Waals surface area contributed by atoms with Gasteiger partial charge in [0.05, 0.1) is 63.9 Å². The molecule has 93 heavy (non-hydrogen) atoms. The van der Waals surface area contributed by atoms with Gasteiger partial charge in [0, 0.05) is 26.7 Å². The van der Waals surface area contributed by atoms with Gasteiger partial charge >= 0.3 is 11.9 Å². The van der Waals surface area contributed by atoms with Crippen LogP contribution in [0.2, 0.25) is 0 Å². The number of rotatable bonds is 28. The quantitative estimate of drug-likeness (QED) is 0.0346. The van der Waals surface area contributed by atoms with Crippen molar-refractivity contribution in [3.63, 3.8) is 0 Å². The number of aliphatic carboxylic acids is 2. The molecule has 0 aliphatic carbocycles. The molecule has 0 aromatic carbocycles. The summed E-state index contributed by atoms with van der Waals surface area (Å²) in [6, 6.07) is -7.65. The first kappa shape index (κ1) is 77.6. The van der Waals surface area contributed by atoms with E-state index in [4.69, 9.17) is 52.1 Å². The van der Waals surface area contributed by atoms with Crippen LogP contribution in [0.5, 0.6) is 0 Å². The van der Waals surface area contributed by atoms with E-state index in [0.717, 1.165) is 13.8 Å². The minimum atomic E-state index is -3.57. The van der Waals surface area contributed by atoms with Gasteiger partial charge < -0.3 is 186 Å². The molecule has 0 aromatic rings. The number of carboxylic acid groups (broad SMARTS) is 2. The fourth-order valence-corrected chi connectivity index (χ4v) is 11.5. The number of carbonyl (C=O) groups excluding carboxylic acids is 4. The molecule has 43 nitrogen and oxygen atoms in total. The fraction of sp³-hybridized carbons (Fsp3) is 0.880. The number of nitrogens with one attached hydrogen (secondary N) is 4. The molecular formula is C50H82N4O39. The molecule has 6 saturated heterocycles. The van der Waals surface area contributed by atoms with Gasteiger partial charge in [-0.3, -0.25) is 19.2 Å². The number of amides is 4. The maximum Gasteiger partial charge on any atom is 0.364 e. The number of aliphatic hydroxyl groups is 20. The maximum absolute atomic E-state index is 13.6. The highest BCUT2D eigenvalue weighted by atomic mass is 16.8. The van der Waals surface area contributed by atoms with Crippen molar-refractivity contribution in [1.29, 1.82) is 0 Å². The Balaban J connectivity index is 1.29. The number of hydrogen-bond donors (Lipinski definition) is 26. The van der Waals surface area contributed by atoms with E-state index in [1.165, 1.54) is 0 Å². The third-order valence-corrected chi connectivity index (χ3v) is 16.2. The molecule has 6 aliphatic heterocycles. The molecule has 32 atom stereocenters. The second-order valence-electron chi connectivity index (χ2n) is 22.6. The maximum atomic E-state index is 13.6. The van der Waals surface area contributed by atoms with Gasteiger partial charge in [0.15, 0.2) is 25.2 Å². The molecule has 6 heterocycles. The van der Waals surface area contributed by atoms with Gasteiger partial charge in [-0.2, -0.15) is 0 Å². The summed E-state index contributed by atoms with van der Waals surface area (Å²) >= 11 is 0. The van der Waals surface area contributed by atoms with Gasteiger partial charge in [-0.15, -0.1) is 0 Å². The fourth-order valence-electron chi connectivity index (χ4n) is 11.5. The molecule has 6 aliphatic rings. The van der Waals surface area contributed by atoms with E-state index in [0.29, 0.717) is 0 Å². The zero-order valence-corrected chi connectivity index (χ0v) is 49.2. The van der Waals surface area contributed by atoms with E-state index in [2.05, 4.69) is 10.6 Å². The molecule has 0 radical (unpaired) electrons. The van der Waals surface area contributed by atoms with Gasteiger partial charge in [-0.1, -0.05) is 0 Å². The molecule has 6 rings (SSSR count). The number of hydrogen-bond acceptors (Lipinski definition) is 37. The van der Waals surface area contributed by atoms with Crippen molar-refractivity contribution in [2.24, 2.45) is 0 Å². The van der Waals surface area contributed by atoms with Crippen LogP contribution in [0.25, 0.3) is 0 Å². The number of carboxylic acids is 2. The highest BCUT2D eigenvalue weighted by Crippen LogP contribution is 2.42. The molecule has 536 valence electrons. The smallest absolute Gasteiger partial charge is 0.364 e. The molecule has 6 fully saturated rings. The van der Waals surface area contributed by atoms with Crippen LogP contribution < -0.4 is 21.3 Å². The monoisotopic (exact) mass is 1360 g/mol. The van der Waals surface area contributed by atoms with Crippen molar-refractivity contribution in [3.8, 4) is 0 Å². The van der Waals surface area contributed by atoms with Crippen molar-refractivity contribution in [1.82, 2.24) is 21.3 Å². The molecule has 0 aromatic heterocycles. The zero-order chi connectivity index (χ0) is 69.5. The van der Waals surface area contributed by atoms with E-state index in [1.807, 2.05) is 10.6 Å². The van der Waals surface area contributed by atoms with Gasteiger partial charge in [0.25, 0.3) is 11.6 Å². The second kappa shape index (κ2) is 33.2. The van der Waals surface area contributed by atoms with Crippen LogP contribution in [0, 0.1) is 0 Å². The standard InChI is InChI=1S/C50H82N4O39/c1-13(63)51-27-33(74)37(21(9-59)83-43(27)78)87-45-35(76)41(30(71)18(6-56)84-45)89-44-28(52-14(2)64)34(75)38(22(10-60)86-44)88-46-36(77)42(31(72)19(7-57)85-46)93-50(48(81)82)4-16(66)26(54-24(69)12-62)40(92-50)32(73)20(8-58)90-49(47(79)80)3-15(65)25(53-23(68)11-61)39(91-49)29(70)17(67)5-55/h15-22,25-46,55-62,65-67,70-78H,3-12H2,1-2H3,(H,51,63)(H,52,64)(H,53,68)(H,54,69)(H,79,80)(H,81,82)/t15-,16-,17+,18+,19+,20+,21+,22+,25+,26+,27+,28+,29+,30-,31-,32+,33+,34+,35+,36+,37+,38+,39+,40+,41-,42-,43?,44-,45-,46-,49+,50-/m0/s1. The average Bonchev–Trinajstić information content (AvgIpc) is 0.767. The third-order valence-electron chi connectivity index (χ3n) is 16.2. The summed E-state index contributed by atoms with van der Waals surface area (Å²) in [5.74, 6) is -15.9. The van der Waals surface area contributed by atoms with E-state index >= 15 is 0 Å². The Morgan fingerprint density at radius 3 is 1.32 bits per heavy atom. The van der Waals surface area contributed by atoms with Crippen LogP contribution in [0.15, 0.2) is 0 Å². The first-order valence-electron chi connectivity index (χ1n) is 28.7. The first-order chi connectivity index (χ1) is 43.8. The normalized spacial score (nSPS) is 42.8. The third kappa shape index (κ3) is 17.1. The molecule has 0 bridgehead atoms. The summed E-state index contributed by atoms with van der Waals surface area (Å²) in [7, 11) is 0. The highest BCUT2D eigenvalue weighted by molar-refractivity contribution is 5.79. The highest BCUT2D eigenvalue weighted by Gasteiger charge is 2.63. The number of ether oxygens (including phenoxy) is 11. The van der Waals surface area contributed by atoms with Crippen LogP contribution in [-0.2, 0) is 80.9 Å². The summed E-state index contributed by atoms with van der Waals surface area (Å²) in [6.07, 6.45) is -60.2. The van der Waals surface area contributed by atoms with Crippen LogP contribution in [0.3, 0.4) is 0 Å². The molecule has 1 unspecified atom stereocenters. The first-order valence-corrected chi connectivity index (χ1v) is 28.7. The minimum absolute atomic E-state index is 0.760. The Kier molecular flexibility index (Phi) is 27.7. The van der Waals surface area contributed by atoms with E-state index in [9.17, 15) is 141 Å². The van der Waals surface area contributed by atoms with E-state index in [-0.39, 0.29) is 0 Å². The van der Waals surface area contributed by atoms with E-state index < -0.39 is 296 Å². The molecule has 4 amide bonds. The average molecular weight is 1360 g/mol. The Morgan fingerprint density at radius 2 is 0.871 bits per heavy atom.